The molecule has 129 heavy (non-hydrogen) atoms. The van der Waals surface area contributed by atoms with E-state index in [2.05, 4.69) is 15.5 Å². The largest absolute Gasteiger partial charge is 0.394 e. The minimum atomic E-state index is -3.08. The summed E-state index contributed by atoms with van der Waals surface area (Å²) in [7, 11) is -0.0890. The number of hydrogen-bond donors (Lipinski definition) is 8. The van der Waals surface area contributed by atoms with Crippen molar-refractivity contribution >= 4 is 20.0 Å². The number of hydrogen-bond acceptors (Lipinski definition) is 29. The van der Waals surface area contributed by atoms with E-state index in [1.165, 1.54) is 7.11 Å². The van der Waals surface area contributed by atoms with Gasteiger partial charge >= 0.3 is 7.60 Å². The van der Waals surface area contributed by atoms with Crippen molar-refractivity contribution in [3.8, 4) is 12.1 Å². The monoisotopic (exact) mass is 1820 g/mol. The van der Waals surface area contributed by atoms with Gasteiger partial charge in [-0.2, -0.15) is 10.5 Å². The lowest BCUT2D eigenvalue weighted by Crippen LogP contribution is -2.39. The highest BCUT2D eigenvalue weighted by Gasteiger charge is 2.50. The van der Waals surface area contributed by atoms with Crippen molar-refractivity contribution in [1.82, 2.24) is 0 Å². The van der Waals surface area contributed by atoms with Crippen molar-refractivity contribution < 1.29 is 130 Å². The molecule has 8 N–H and O–H groups in total. The molecule has 5 fully saturated rings. The lowest BCUT2D eigenvalue weighted by molar-refractivity contribution is -0.171. The molecule has 0 saturated carbocycles. The molecule has 698 valence electrons. The average Bonchev–Trinajstić information content (AvgIpc) is 1.67. The number of benzene rings is 9. The van der Waals surface area contributed by atoms with Crippen LogP contribution >= 0.6 is 20.0 Å². The van der Waals surface area contributed by atoms with E-state index >= 15 is 0 Å². The van der Waals surface area contributed by atoms with Crippen molar-refractivity contribution in [1.29, 1.82) is 10.5 Å². The Kier molecular flexibility index (Phi) is 49.0. The van der Waals surface area contributed by atoms with Crippen molar-refractivity contribution in [2.75, 3.05) is 66.6 Å². The fraction of sp³-hybridized carbons (Fsp3) is 0.429. The van der Waals surface area contributed by atoms with Gasteiger partial charge in [-0.05, 0) is 63.9 Å². The van der Waals surface area contributed by atoms with Crippen LogP contribution < -0.4 is 0 Å². The number of ether oxygens (including phenoxy) is 16. The van der Waals surface area contributed by atoms with Crippen molar-refractivity contribution in [2.45, 2.75) is 203 Å². The molecule has 5 unspecified atom stereocenters. The third kappa shape index (κ3) is 35.8. The molecule has 5 aliphatic heterocycles. The molecule has 0 amide bonds. The Morgan fingerprint density at radius 3 is 0.853 bits per heavy atom. The maximum Gasteiger partial charge on any atom is 0.344 e. The van der Waals surface area contributed by atoms with E-state index in [1.807, 2.05) is 273 Å². The van der Waals surface area contributed by atoms with E-state index < -0.39 is 94.3 Å². The molecule has 29 nitrogen and oxygen atoms in total. The van der Waals surface area contributed by atoms with Crippen LogP contribution in [0.25, 0.3) is 0 Å². The first-order chi connectivity index (χ1) is 62.5. The first kappa shape index (κ1) is 106. The van der Waals surface area contributed by atoms with Crippen molar-refractivity contribution in [2.24, 2.45) is 0 Å². The van der Waals surface area contributed by atoms with E-state index in [4.69, 9.17) is 116 Å². The highest BCUT2D eigenvalue weighted by Crippen LogP contribution is 2.47. The maximum atomic E-state index is 11.3. The molecule has 0 radical (unpaired) electrons. The molecule has 14 rings (SSSR count). The molecule has 0 bridgehead atoms. The van der Waals surface area contributed by atoms with Gasteiger partial charge < -0.3 is 126 Å². The first-order valence-corrected chi connectivity index (χ1v) is 44.3. The Morgan fingerprint density at radius 2 is 0.574 bits per heavy atom. The molecule has 20 atom stereocenters. The summed E-state index contributed by atoms with van der Waals surface area (Å²) in [6.07, 6.45) is -13.9. The maximum absolute atomic E-state index is 11.3. The van der Waals surface area contributed by atoms with Gasteiger partial charge in [-0.25, -0.2) is 0 Å². The molecule has 0 aliphatic carbocycles. The Bertz CT molecular complexity index is 4500. The summed E-state index contributed by atoms with van der Waals surface area (Å²) in [6.45, 7) is 8.39. The molecule has 9 aromatic rings. The first-order valence-electron chi connectivity index (χ1n) is 42.5. The molecule has 5 aliphatic rings. The smallest absolute Gasteiger partial charge is 0.344 e. The summed E-state index contributed by atoms with van der Waals surface area (Å²) in [5, 5.41) is 90.1. The Balaban J connectivity index is 0.000000203. The second-order valence-electron chi connectivity index (χ2n) is 29.9. The van der Waals surface area contributed by atoms with Gasteiger partial charge in [-0.1, -0.05) is 273 Å². The number of methoxy groups -OCH3 is 2. The average molecular weight is 1830 g/mol. The Morgan fingerprint density at radius 1 is 0.310 bits per heavy atom. The number of rotatable bonds is 40. The van der Waals surface area contributed by atoms with Crippen molar-refractivity contribution in [3.05, 3.63) is 323 Å². The molecule has 31 heteroatoms. The van der Waals surface area contributed by atoms with Crippen molar-refractivity contribution in [3.63, 3.8) is 0 Å². The third-order valence-corrected chi connectivity index (χ3v) is 22.4. The third-order valence-electron chi connectivity index (χ3n) is 20.5. The lowest BCUT2D eigenvalue weighted by atomic mass is 10.1. The van der Waals surface area contributed by atoms with Crippen LogP contribution in [0.4, 0.5) is 0 Å². The fourth-order valence-corrected chi connectivity index (χ4v) is 15.2. The van der Waals surface area contributed by atoms with Crippen LogP contribution in [0.5, 0.6) is 0 Å². The molecule has 5 heterocycles. The van der Waals surface area contributed by atoms with Crippen LogP contribution in [0.15, 0.2) is 273 Å². The summed E-state index contributed by atoms with van der Waals surface area (Å²) >= 11 is 0. The molecular formula is C98H122ClN2O27P. The predicted molar refractivity (Wildman–Crippen MR) is 477 cm³/mol. The van der Waals surface area contributed by atoms with Crippen LogP contribution in [-0.4, -0.2) is 230 Å². The number of nitrogens with zero attached hydrogens (tertiary/aromatic N) is 2. The molecule has 5 saturated heterocycles. The van der Waals surface area contributed by atoms with Gasteiger partial charge in [0, 0.05) is 14.2 Å². The van der Waals surface area contributed by atoms with E-state index in [1.54, 1.807) is 27.0 Å². The quantitative estimate of drug-likeness (QED) is 0.0165. The van der Waals surface area contributed by atoms with E-state index in [9.17, 15) is 14.9 Å². The SMILES string of the molecule is CCOP(=O)(CC#N)OCC.COC1O[C@H](CO)[C@@H](O)[C@H]1O.COC1O[C@H](COCc2ccccc2)[C@@H](OCc2ccccc2)[C@H]1OCc1ccccc1.Cl.N#CCC1O[C@H](COCc2ccccc2)[C@@H](OCc2ccccc2)[C@H]1OCc1ccccc1.OC1O[C@H](COCc2ccccc2)[C@@H](OCc2ccccc2)[C@H]1OCc1ccccc1.OC[C@H]1OC(O)[C@H](O)[C@@H]1O. The van der Waals surface area contributed by atoms with Gasteiger partial charge in [0.2, 0.25) is 0 Å². The van der Waals surface area contributed by atoms with E-state index in [-0.39, 0.29) is 74.3 Å². The summed E-state index contributed by atoms with van der Waals surface area (Å²) in [4.78, 5) is 0. The summed E-state index contributed by atoms with van der Waals surface area (Å²) in [6, 6.07) is 94.1. The zero-order valence-corrected chi connectivity index (χ0v) is 74.6. The number of aliphatic hydroxyl groups excluding tert-OH is 8. The standard InChI is InChI=1S/C28H29NO4.C27H30O5.C26H28O5.C6H12NO3P.C6H12O5.C5H10O5.ClH/c29-17-16-25-27(31-19-23-12-6-2-7-13-23)28(32-20-24-14-8-3-9-15-24)26(33-25)21-30-18-22-10-4-1-5-11-22;1-28-27-26(31-19-23-15-9-4-10-16-23)25(30-18-22-13-7-3-8-14-22)24(32-27)20-29-17-21-11-5-2-6-12-21;27-26-25(30-18-22-14-8-3-9-15-22)24(29-17-21-12-6-2-7-13-21)23(31-26)19-28-16-20-10-4-1-5-11-20;1-3-9-11(8,6-5-7)10-4-2;1-10-6-5(9)4(8)3(2-7)11-6;6-1-2-3(7)4(8)5(9)10-2;/h1-15,25-28H,16,18-21H2;2-16,24-27H,17-20H2,1H3;1-15,23-27H,16-19H2;3-4,6H2,1-2H3;3-9H,2H2,1H3;2-9H,1H2;1H/t25?,26-,27+,28-;24-,25-,26-,27?;23-,24-,25-,26?;;3-,4-,5-,6?;2-,3-,4-,5?;/m111.11./s1. The highest BCUT2D eigenvalue weighted by molar-refractivity contribution is 7.54. The zero-order chi connectivity index (χ0) is 90.9. The van der Waals surface area contributed by atoms with Gasteiger partial charge in [0.15, 0.2) is 25.2 Å². The second kappa shape index (κ2) is 59.8. The normalized spacial score (nSPS) is 25.3. The van der Waals surface area contributed by atoms with Crippen LogP contribution in [0, 0.1) is 22.7 Å². The summed E-state index contributed by atoms with van der Waals surface area (Å²) in [5.41, 5.74) is 9.71. The second-order valence-corrected chi connectivity index (χ2v) is 32.0. The molecule has 0 aromatic heterocycles. The van der Waals surface area contributed by atoms with Gasteiger partial charge in [0.25, 0.3) is 0 Å². The Hall–Kier alpha value is -8.56. The van der Waals surface area contributed by atoms with E-state index in [0.29, 0.717) is 92.5 Å². The van der Waals surface area contributed by atoms with E-state index in [0.717, 1.165) is 50.1 Å². The summed E-state index contributed by atoms with van der Waals surface area (Å²) in [5.74, 6) is 0. The lowest BCUT2D eigenvalue weighted by Gasteiger charge is -2.25. The van der Waals surface area contributed by atoms with Gasteiger partial charge in [-0.15, -0.1) is 12.4 Å². The minimum Gasteiger partial charge on any atom is -0.394 e. The minimum absolute atomic E-state index is 0. The van der Waals surface area contributed by atoms with Gasteiger partial charge in [0.1, 0.15) is 97.7 Å². The predicted octanol–water partition coefficient (Wildman–Crippen LogP) is 11.6. The number of aliphatic hydroxyl groups is 8. The molecular weight excluding hydrogens is 1700 g/mol. The number of halogens is 1. The zero-order valence-electron chi connectivity index (χ0n) is 72.8. The molecule has 0 spiro atoms. The van der Waals surface area contributed by atoms with Crippen LogP contribution in [-0.2, 0) is 149 Å². The summed E-state index contributed by atoms with van der Waals surface area (Å²) < 4.78 is 114. The highest BCUT2D eigenvalue weighted by atomic mass is 35.5. The Labute approximate surface area is 761 Å². The van der Waals surface area contributed by atoms with Gasteiger partial charge in [-0.3, -0.25) is 4.57 Å². The molecule has 9 aromatic carbocycles. The van der Waals surface area contributed by atoms with Gasteiger partial charge in [0.05, 0.1) is 130 Å². The van der Waals surface area contributed by atoms with Crippen LogP contribution in [0.1, 0.15) is 70.3 Å². The number of nitriles is 2. The fourth-order valence-electron chi connectivity index (χ4n) is 14.0. The van der Waals surface area contributed by atoms with Crippen LogP contribution in [0.3, 0.4) is 0 Å². The van der Waals surface area contributed by atoms with Crippen LogP contribution in [0.2, 0.25) is 0 Å². The topological polar surface area (TPSA) is 393 Å².